The second kappa shape index (κ2) is 5.06. The summed E-state index contributed by atoms with van der Waals surface area (Å²) in [5.74, 6) is -0.0904. The fraction of sp³-hybridized carbons (Fsp3) is 0.462. The molecule has 0 saturated heterocycles. The normalized spacial score (nSPS) is 10.7. The summed E-state index contributed by atoms with van der Waals surface area (Å²) in [5.41, 5.74) is 1.17. The number of carbonyl (C=O) groups is 1. The van der Waals surface area contributed by atoms with Gasteiger partial charge in [-0.05, 0) is 37.3 Å². The first-order valence-electron chi connectivity index (χ1n) is 5.40. The predicted octanol–water partition coefficient (Wildman–Crippen LogP) is 3.93. The Balaban J connectivity index is 3.07. The Kier molecular flexibility index (Phi) is 4.01. The smallest absolute Gasteiger partial charge is 0.159 e. The Hall–Kier alpha value is -1.18. The van der Waals surface area contributed by atoms with Crippen LogP contribution in [0.2, 0.25) is 0 Å². The van der Waals surface area contributed by atoms with E-state index in [-0.39, 0.29) is 17.5 Å². The van der Waals surface area contributed by atoms with Gasteiger partial charge in [0.1, 0.15) is 5.82 Å². The number of ketones is 1. The van der Waals surface area contributed by atoms with Crippen LogP contribution in [-0.4, -0.2) is 5.78 Å². The van der Waals surface area contributed by atoms with Crippen molar-refractivity contribution in [2.24, 2.45) is 0 Å². The van der Waals surface area contributed by atoms with E-state index in [0.717, 1.165) is 18.4 Å². The average molecular weight is 208 g/mol. The van der Waals surface area contributed by atoms with E-state index < -0.39 is 0 Å². The van der Waals surface area contributed by atoms with E-state index in [2.05, 4.69) is 0 Å². The summed E-state index contributed by atoms with van der Waals surface area (Å²) in [4.78, 5) is 11.1. The minimum atomic E-state index is -0.253. The largest absolute Gasteiger partial charge is 0.295 e. The lowest BCUT2D eigenvalue weighted by molar-refractivity contribution is 0.101. The third-order valence-electron chi connectivity index (χ3n) is 2.83. The third-order valence-corrected chi connectivity index (χ3v) is 2.83. The minimum absolute atomic E-state index is 0.0926. The highest BCUT2D eigenvalue weighted by Gasteiger charge is 2.13. The van der Waals surface area contributed by atoms with Crippen LogP contribution >= 0.6 is 0 Å². The number of benzene rings is 1. The minimum Gasteiger partial charge on any atom is -0.295 e. The first-order chi connectivity index (χ1) is 7.10. The van der Waals surface area contributed by atoms with Gasteiger partial charge in [0.2, 0.25) is 0 Å². The molecule has 1 aromatic rings. The van der Waals surface area contributed by atoms with Gasteiger partial charge in [-0.15, -0.1) is 0 Å². The number of hydrogen-bond acceptors (Lipinski definition) is 1. The molecular formula is C13H17FO. The van der Waals surface area contributed by atoms with Crippen molar-refractivity contribution in [2.75, 3.05) is 0 Å². The SMILES string of the molecule is CCC(CC)c1ccc(C(C)=O)cc1F. The molecule has 2 heteroatoms. The van der Waals surface area contributed by atoms with Gasteiger partial charge in [-0.25, -0.2) is 4.39 Å². The standard InChI is InChI=1S/C13H17FO/c1-4-10(5-2)12-7-6-11(9(3)15)8-13(12)14/h6-8,10H,4-5H2,1-3H3. The van der Waals surface area contributed by atoms with Crippen LogP contribution in [0.3, 0.4) is 0 Å². The highest BCUT2D eigenvalue weighted by Crippen LogP contribution is 2.26. The maximum Gasteiger partial charge on any atom is 0.159 e. The molecule has 1 aromatic carbocycles. The fourth-order valence-electron chi connectivity index (χ4n) is 1.81. The first-order valence-corrected chi connectivity index (χ1v) is 5.40. The molecule has 0 bridgehead atoms. The van der Waals surface area contributed by atoms with E-state index in [1.165, 1.54) is 13.0 Å². The van der Waals surface area contributed by atoms with E-state index in [9.17, 15) is 9.18 Å². The third kappa shape index (κ3) is 2.65. The monoisotopic (exact) mass is 208 g/mol. The van der Waals surface area contributed by atoms with Crippen molar-refractivity contribution in [3.05, 3.63) is 35.1 Å². The quantitative estimate of drug-likeness (QED) is 0.685. The molecule has 1 nitrogen and oxygen atoms in total. The lowest BCUT2D eigenvalue weighted by Gasteiger charge is -2.14. The molecule has 0 unspecified atom stereocenters. The molecule has 1 rings (SSSR count). The molecule has 0 atom stereocenters. The Bertz CT molecular complexity index is 354. The fourth-order valence-corrected chi connectivity index (χ4v) is 1.81. The Morgan fingerprint density at radius 2 is 1.93 bits per heavy atom. The average Bonchev–Trinajstić information content (AvgIpc) is 2.21. The molecule has 0 aliphatic carbocycles. The summed E-state index contributed by atoms with van der Waals surface area (Å²) in [6.45, 7) is 5.55. The molecule has 0 aromatic heterocycles. The number of hydrogen-bond donors (Lipinski definition) is 0. The van der Waals surface area contributed by atoms with E-state index in [1.54, 1.807) is 12.1 Å². The molecule has 0 spiro atoms. The molecule has 15 heavy (non-hydrogen) atoms. The van der Waals surface area contributed by atoms with Gasteiger partial charge in [0.05, 0.1) is 0 Å². The zero-order valence-corrected chi connectivity index (χ0v) is 9.51. The molecular weight excluding hydrogens is 191 g/mol. The van der Waals surface area contributed by atoms with Gasteiger partial charge in [0.15, 0.2) is 5.78 Å². The summed E-state index contributed by atoms with van der Waals surface area (Å²) in [7, 11) is 0. The van der Waals surface area contributed by atoms with Gasteiger partial charge < -0.3 is 0 Å². The van der Waals surface area contributed by atoms with Crippen LogP contribution in [0.1, 0.15) is 55.5 Å². The predicted molar refractivity (Wildman–Crippen MR) is 59.7 cm³/mol. The molecule has 0 N–H and O–H groups in total. The maximum atomic E-state index is 13.7. The van der Waals surface area contributed by atoms with Crippen LogP contribution in [0.5, 0.6) is 0 Å². The van der Waals surface area contributed by atoms with Crippen LogP contribution in [0.25, 0.3) is 0 Å². The van der Waals surface area contributed by atoms with Gasteiger partial charge >= 0.3 is 0 Å². The second-order valence-corrected chi connectivity index (χ2v) is 3.81. The van der Waals surface area contributed by atoms with Crippen LogP contribution in [-0.2, 0) is 0 Å². The summed E-state index contributed by atoms with van der Waals surface area (Å²) < 4.78 is 13.7. The van der Waals surface area contributed by atoms with E-state index in [0.29, 0.717) is 5.56 Å². The number of rotatable bonds is 4. The van der Waals surface area contributed by atoms with E-state index in [1.807, 2.05) is 13.8 Å². The van der Waals surface area contributed by atoms with Gasteiger partial charge in [-0.3, -0.25) is 4.79 Å². The molecule has 0 amide bonds. The van der Waals surface area contributed by atoms with Crippen molar-refractivity contribution in [3.63, 3.8) is 0 Å². The zero-order chi connectivity index (χ0) is 11.4. The van der Waals surface area contributed by atoms with Crippen molar-refractivity contribution in [1.29, 1.82) is 0 Å². The molecule has 0 fully saturated rings. The van der Waals surface area contributed by atoms with Crippen molar-refractivity contribution in [1.82, 2.24) is 0 Å². The zero-order valence-electron chi connectivity index (χ0n) is 9.51. The summed E-state index contributed by atoms with van der Waals surface area (Å²) in [5, 5.41) is 0. The van der Waals surface area contributed by atoms with E-state index >= 15 is 0 Å². The molecule has 0 radical (unpaired) electrons. The molecule has 82 valence electrons. The van der Waals surface area contributed by atoms with Gasteiger partial charge in [0, 0.05) is 5.56 Å². The van der Waals surface area contributed by atoms with Crippen LogP contribution in [0, 0.1) is 5.82 Å². The molecule has 0 heterocycles. The van der Waals surface area contributed by atoms with Gasteiger partial charge in [0.25, 0.3) is 0 Å². The molecule has 0 saturated carbocycles. The van der Waals surface area contributed by atoms with Crippen molar-refractivity contribution < 1.29 is 9.18 Å². The van der Waals surface area contributed by atoms with Crippen LogP contribution in [0.4, 0.5) is 4.39 Å². The summed E-state index contributed by atoms with van der Waals surface area (Å²) in [6.07, 6.45) is 1.85. The highest BCUT2D eigenvalue weighted by molar-refractivity contribution is 5.94. The number of Topliss-reactive ketones (excluding diaryl/α,β-unsaturated/α-hetero) is 1. The van der Waals surface area contributed by atoms with Crippen molar-refractivity contribution in [3.8, 4) is 0 Å². The van der Waals surface area contributed by atoms with E-state index in [4.69, 9.17) is 0 Å². The highest BCUT2D eigenvalue weighted by atomic mass is 19.1. The van der Waals surface area contributed by atoms with Gasteiger partial charge in [-0.2, -0.15) is 0 Å². The lowest BCUT2D eigenvalue weighted by Crippen LogP contribution is -2.01. The molecule has 0 aliphatic rings. The second-order valence-electron chi connectivity index (χ2n) is 3.81. The summed E-state index contributed by atoms with van der Waals surface area (Å²) >= 11 is 0. The Labute approximate surface area is 90.3 Å². The van der Waals surface area contributed by atoms with Gasteiger partial charge in [-0.1, -0.05) is 26.0 Å². The Morgan fingerprint density at radius 1 is 1.33 bits per heavy atom. The Morgan fingerprint density at radius 3 is 2.33 bits per heavy atom. The first kappa shape index (κ1) is 11.9. The number of carbonyl (C=O) groups excluding carboxylic acids is 1. The van der Waals surface area contributed by atoms with Crippen LogP contribution < -0.4 is 0 Å². The van der Waals surface area contributed by atoms with Crippen molar-refractivity contribution in [2.45, 2.75) is 39.5 Å². The summed E-state index contributed by atoms with van der Waals surface area (Å²) in [6, 6.07) is 4.79. The van der Waals surface area contributed by atoms with Crippen molar-refractivity contribution >= 4 is 5.78 Å². The lowest BCUT2D eigenvalue weighted by atomic mass is 9.92. The molecule has 0 aliphatic heterocycles. The maximum absolute atomic E-state index is 13.7. The number of halogens is 1. The topological polar surface area (TPSA) is 17.1 Å². The van der Waals surface area contributed by atoms with Crippen LogP contribution in [0.15, 0.2) is 18.2 Å².